The minimum absolute atomic E-state index is 0. The van der Waals surface area contributed by atoms with Crippen molar-refractivity contribution in [3.63, 3.8) is 0 Å². The zero-order valence-electron chi connectivity index (χ0n) is 25.4. The van der Waals surface area contributed by atoms with Crippen molar-refractivity contribution in [2.45, 2.75) is 57.1 Å². The van der Waals surface area contributed by atoms with E-state index in [0.717, 1.165) is 0 Å². The molecule has 17 heteroatoms. The van der Waals surface area contributed by atoms with Crippen molar-refractivity contribution in [2.75, 3.05) is 85.6 Å². The van der Waals surface area contributed by atoms with Crippen molar-refractivity contribution in [3.8, 4) is 0 Å². The molecule has 43 heavy (non-hydrogen) atoms. The summed E-state index contributed by atoms with van der Waals surface area (Å²) in [5.74, 6) is -2.11. The largest absolute Gasteiger partial charge is 0.662 e. The number of methoxy groups -OCH3 is 1. The molecule has 2 N–H and O–H groups in total. The number of nitrogens with one attached hydrogen (secondary N) is 2. The molecule has 4 aliphatic rings. The topological polar surface area (TPSA) is 220 Å². The van der Waals surface area contributed by atoms with E-state index in [0.29, 0.717) is 85.0 Å². The Balaban J connectivity index is -0.000000623. The first-order valence-electron chi connectivity index (χ1n) is 14.0. The Morgan fingerprint density at radius 1 is 0.721 bits per heavy atom. The van der Waals surface area contributed by atoms with E-state index >= 15 is 0 Å². The van der Waals surface area contributed by atoms with E-state index in [-0.39, 0.29) is 53.4 Å². The number of carbonyl (C=O) groups excluding carboxylic acids is 4. The molecule has 0 saturated carbocycles. The first-order valence-corrected chi connectivity index (χ1v) is 14.0. The van der Waals surface area contributed by atoms with Gasteiger partial charge in [-0.15, -0.1) is 39.3 Å². The molecule has 0 atom stereocenters. The van der Waals surface area contributed by atoms with E-state index in [4.69, 9.17) is 0 Å². The average Bonchev–Trinajstić information content (AvgIpc) is 3.64. The molecule has 261 valence electrons. The standard InChI is InChI=1S/C22H38N8O4.C4H6O4.Cu.4H2/c1-18(31)29-21-12-23-6-9-26-15-22(16-27-10-7-24-13-21,17-28-11-8-25-14-21)30-19(32)4-3-5-20(33)34-2;1-3(5)6-4(2)7-8-4;;;;;/h3-17H2,1-2H3,(H,29,31)(H,30,32);1-2H3;;4*1H/q-6;;;;;;. The number of fused-ring (bicyclic) bond motifs is 15. The van der Waals surface area contributed by atoms with Gasteiger partial charge in [0.1, 0.15) is 0 Å². The Labute approximate surface area is 270 Å². The molecule has 2 bridgehead atoms. The molecule has 0 aromatic carbocycles. The van der Waals surface area contributed by atoms with Crippen LogP contribution in [-0.2, 0) is 55.5 Å². The van der Waals surface area contributed by atoms with E-state index in [9.17, 15) is 19.2 Å². The molecular weight excluding hydrogens is 616 g/mol. The summed E-state index contributed by atoms with van der Waals surface area (Å²) in [5.41, 5.74) is -1.36. The summed E-state index contributed by atoms with van der Waals surface area (Å²) in [7, 11) is 1.33. The predicted molar refractivity (Wildman–Crippen MR) is 163 cm³/mol. The van der Waals surface area contributed by atoms with Crippen LogP contribution in [0.25, 0.3) is 31.9 Å². The minimum Gasteiger partial charge on any atom is -0.662 e. The van der Waals surface area contributed by atoms with Crippen LogP contribution < -0.4 is 10.6 Å². The molecule has 4 fully saturated rings. The molecule has 4 heterocycles. The third kappa shape index (κ3) is 16.7. The third-order valence-corrected chi connectivity index (χ3v) is 6.24. The van der Waals surface area contributed by atoms with E-state index in [1.165, 1.54) is 27.9 Å². The molecule has 1 radical (unpaired) electrons. The Morgan fingerprint density at radius 3 is 1.42 bits per heavy atom. The summed E-state index contributed by atoms with van der Waals surface area (Å²) < 4.78 is 9.11. The van der Waals surface area contributed by atoms with Crippen molar-refractivity contribution in [1.82, 2.24) is 10.6 Å². The van der Waals surface area contributed by atoms with Crippen LogP contribution in [0.5, 0.6) is 0 Å². The molecular formula is C26H52CuN8O8-6. The third-order valence-electron chi connectivity index (χ3n) is 6.24. The summed E-state index contributed by atoms with van der Waals surface area (Å²) in [6.07, 6.45) is 0.815. The van der Waals surface area contributed by atoms with Crippen molar-refractivity contribution < 1.29 is 61.2 Å². The van der Waals surface area contributed by atoms with Gasteiger partial charge in [0.05, 0.1) is 7.11 Å². The second-order valence-corrected chi connectivity index (χ2v) is 10.5. The zero-order chi connectivity index (χ0) is 30.9. The zero-order valence-corrected chi connectivity index (χ0v) is 26.3. The molecule has 0 aromatic heterocycles. The van der Waals surface area contributed by atoms with Crippen LogP contribution in [0.3, 0.4) is 0 Å². The van der Waals surface area contributed by atoms with Gasteiger partial charge in [-0.05, 0) is 17.5 Å². The fourth-order valence-electron chi connectivity index (χ4n) is 4.30. The van der Waals surface area contributed by atoms with Gasteiger partial charge in [0.2, 0.25) is 11.8 Å². The fourth-order valence-corrected chi connectivity index (χ4v) is 4.30. The predicted octanol–water partition coefficient (Wildman–Crippen LogP) is 2.50. The smallest absolute Gasteiger partial charge is 0.380 e. The van der Waals surface area contributed by atoms with Gasteiger partial charge in [0.25, 0.3) is 0 Å². The second kappa shape index (κ2) is 20.2. The molecule has 4 saturated heterocycles. The van der Waals surface area contributed by atoms with E-state index in [1.54, 1.807) is 0 Å². The molecule has 4 aliphatic heterocycles. The summed E-state index contributed by atoms with van der Waals surface area (Å²) >= 11 is 0. The minimum atomic E-state index is -1.08. The monoisotopic (exact) mass is 667 g/mol. The molecule has 4 rings (SSSR count). The number of hydrogen-bond donors (Lipinski definition) is 2. The van der Waals surface area contributed by atoms with Crippen LogP contribution in [0.1, 0.15) is 45.7 Å². The van der Waals surface area contributed by atoms with Crippen LogP contribution in [0.2, 0.25) is 0 Å². The number of esters is 2. The molecule has 0 aromatic rings. The number of carbonyl (C=O) groups is 4. The molecule has 2 amide bonds. The van der Waals surface area contributed by atoms with Gasteiger partial charge in [-0.1, -0.05) is 0 Å². The number of nitrogens with zero attached hydrogens (tertiary/aromatic N) is 6. The van der Waals surface area contributed by atoms with Crippen LogP contribution in [-0.4, -0.2) is 126 Å². The summed E-state index contributed by atoms with van der Waals surface area (Å²) in [4.78, 5) is 54.6. The van der Waals surface area contributed by atoms with Crippen molar-refractivity contribution in [3.05, 3.63) is 31.9 Å². The van der Waals surface area contributed by atoms with Crippen molar-refractivity contribution >= 4 is 23.8 Å². The number of ether oxygens (including phenoxy) is 2. The maximum atomic E-state index is 12.7. The molecule has 16 nitrogen and oxygen atoms in total. The van der Waals surface area contributed by atoms with Crippen LogP contribution in [0.15, 0.2) is 0 Å². The van der Waals surface area contributed by atoms with E-state index in [1.807, 2.05) is 0 Å². The Hall–Kier alpha value is -1.92. The fraction of sp³-hybridized carbons (Fsp3) is 0.846. The van der Waals surface area contributed by atoms with Crippen LogP contribution in [0, 0.1) is 0 Å². The molecule has 0 aliphatic carbocycles. The Morgan fingerprint density at radius 2 is 1.12 bits per heavy atom. The normalized spacial score (nSPS) is 26.0. The van der Waals surface area contributed by atoms with Gasteiger partial charge in [-0.25, -0.2) is 0 Å². The first-order chi connectivity index (χ1) is 20.0. The van der Waals surface area contributed by atoms with Gasteiger partial charge >= 0.3 is 17.9 Å². The van der Waals surface area contributed by atoms with Gasteiger partial charge in [0.15, 0.2) is 0 Å². The molecule has 0 spiro atoms. The SMILES string of the molecule is CC(=O)OC1(C)OO1.COC(=O)CCCC(=O)NC12C[N-]CC[N-]CC(NC(C)=O)(C[N-]CC[N-]C1)C[N-]CC[N-]C2.[Cu].[HH].[HH].[HH].[HH]. The van der Waals surface area contributed by atoms with Gasteiger partial charge in [-0.2, -0.15) is 49.0 Å². The second-order valence-electron chi connectivity index (χ2n) is 10.5. The van der Waals surface area contributed by atoms with Crippen LogP contribution >= 0.6 is 0 Å². The van der Waals surface area contributed by atoms with Gasteiger partial charge < -0.3 is 52.0 Å². The number of amides is 2. The van der Waals surface area contributed by atoms with Gasteiger partial charge in [-0.3, -0.25) is 19.2 Å². The van der Waals surface area contributed by atoms with Crippen molar-refractivity contribution in [2.24, 2.45) is 0 Å². The maximum Gasteiger partial charge on any atom is 0.380 e. The van der Waals surface area contributed by atoms with Gasteiger partial charge in [0, 0.05) is 56.4 Å². The maximum absolute atomic E-state index is 12.7. The van der Waals surface area contributed by atoms with Crippen LogP contribution in [0.4, 0.5) is 0 Å². The Kier molecular flexibility index (Phi) is 18.3. The number of rotatable bonds is 7. The van der Waals surface area contributed by atoms with E-state index < -0.39 is 23.0 Å². The van der Waals surface area contributed by atoms with Crippen molar-refractivity contribution in [1.29, 1.82) is 0 Å². The average molecular weight is 668 g/mol. The number of hydrogen-bond acceptors (Lipinski definition) is 8. The summed E-state index contributed by atoms with van der Waals surface area (Å²) in [6, 6.07) is 0. The summed E-state index contributed by atoms with van der Waals surface area (Å²) in [5, 5.41) is 34.0. The first kappa shape index (κ1) is 39.1. The van der Waals surface area contributed by atoms with E-state index in [2.05, 4.69) is 61.8 Å². The Bertz CT molecular complexity index is 856. The molecule has 0 unspecified atom stereocenters. The summed E-state index contributed by atoms with van der Waals surface area (Å²) in [6.45, 7) is 9.58. The quantitative estimate of drug-likeness (QED) is 0.177.